The van der Waals surface area contributed by atoms with Gasteiger partial charge in [-0.25, -0.2) is 5.43 Å². The first-order chi connectivity index (χ1) is 14.9. The van der Waals surface area contributed by atoms with Crippen molar-refractivity contribution < 1.29 is 14.6 Å². The largest absolute Gasteiger partial charge is 0.507 e. The minimum absolute atomic E-state index is 0.0128. The number of amides is 1. The van der Waals surface area contributed by atoms with Crippen LogP contribution in [0.5, 0.6) is 11.5 Å². The number of ether oxygens (including phenoxy) is 1. The Hall–Kier alpha value is -3.71. The van der Waals surface area contributed by atoms with Crippen molar-refractivity contribution in [1.82, 2.24) is 5.43 Å². The number of carbonyl (C=O) groups excluding carboxylic acids is 1. The van der Waals surface area contributed by atoms with Crippen molar-refractivity contribution in [1.29, 1.82) is 0 Å². The Labute approximate surface area is 185 Å². The lowest BCUT2D eigenvalue weighted by Crippen LogP contribution is -2.24. The van der Waals surface area contributed by atoms with Crippen LogP contribution in [-0.4, -0.2) is 23.8 Å². The van der Waals surface area contributed by atoms with Crippen LogP contribution in [0.1, 0.15) is 16.7 Å². The van der Waals surface area contributed by atoms with E-state index in [0.29, 0.717) is 27.7 Å². The molecule has 8 heteroatoms. The summed E-state index contributed by atoms with van der Waals surface area (Å²) >= 11 is 6.06. The zero-order valence-electron chi connectivity index (χ0n) is 17.0. The van der Waals surface area contributed by atoms with Gasteiger partial charge < -0.3 is 9.84 Å². The van der Waals surface area contributed by atoms with Crippen molar-refractivity contribution in [3.63, 3.8) is 0 Å². The summed E-state index contributed by atoms with van der Waals surface area (Å²) in [7, 11) is 0. The minimum Gasteiger partial charge on any atom is -0.507 e. The highest BCUT2D eigenvalue weighted by atomic mass is 35.5. The molecular formula is C23H21ClN4O3. The fourth-order valence-electron chi connectivity index (χ4n) is 2.66. The normalized spacial score (nSPS) is 11.2. The molecule has 0 unspecified atom stereocenters. The molecule has 3 rings (SSSR count). The van der Waals surface area contributed by atoms with E-state index in [1.54, 1.807) is 30.3 Å². The van der Waals surface area contributed by atoms with Gasteiger partial charge >= 0.3 is 0 Å². The summed E-state index contributed by atoms with van der Waals surface area (Å²) in [5.74, 6) is 0.199. The number of hydrazone groups is 1. The van der Waals surface area contributed by atoms with Crippen molar-refractivity contribution in [3.8, 4) is 11.5 Å². The average molecular weight is 437 g/mol. The molecule has 0 bridgehead atoms. The third kappa shape index (κ3) is 6.38. The topological polar surface area (TPSA) is 95.6 Å². The molecule has 0 aromatic heterocycles. The van der Waals surface area contributed by atoms with E-state index in [-0.39, 0.29) is 12.4 Å². The SMILES string of the molecule is Cc1ccc(OCC(=O)NN=Cc2cc(N=Nc3ccccc3Cl)ccc2O)c(C)c1. The van der Waals surface area contributed by atoms with Crippen molar-refractivity contribution in [3.05, 3.63) is 82.4 Å². The van der Waals surface area contributed by atoms with Gasteiger partial charge in [0, 0.05) is 5.56 Å². The van der Waals surface area contributed by atoms with Gasteiger partial charge in [0.05, 0.1) is 16.9 Å². The first kappa shape index (κ1) is 22.0. The molecule has 0 atom stereocenters. The van der Waals surface area contributed by atoms with E-state index in [2.05, 4.69) is 20.8 Å². The highest BCUT2D eigenvalue weighted by Gasteiger charge is 2.05. The lowest BCUT2D eigenvalue weighted by molar-refractivity contribution is -0.123. The van der Waals surface area contributed by atoms with Crippen LogP contribution in [0.15, 0.2) is 76.0 Å². The number of hydrogen-bond donors (Lipinski definition) is 2. The van der Waals surface area contributed by atoms with Crippen LogP contribution >= 0.6 is 11.6 Å². The molecule has 2 N–H and O–H groups in total. The van der Waals surface area contributed by atoms with E-state index in [1.807, 2.05) is 38.1 Å². The fraction of sp³-hybridized carbons (Fsp3) is 0.130. The van der Waals surface area contributed by atoms with Gasteiger partial charge in [-0.2, -0.15) is 10.2 Å². The van der Waals surface area contributed by atoms with Crippen LogP contribution in [0.4, 0.5) is 11.4 Å². The summed E-state index contributed by atoms with van der Waals surface area (Å²) in [6.07, 6.45) is 1.32. The van der Waals surface area contributed by atoms with Crippen LogP contribution in [0.2, 0.25) is 5.02 Å². The van der Waals surface area contributed by atoms with Gasteiger partial charge in [-0.15, -0.1) is 5.11 Å². The molecule has 7 nitrogen and oxygen atoms in total. The van der Waals surface area contributed by atoms with E-state index in [9.17, 15) is 9.90 Å². The molecule has 0 fully saturated rings. The highest BCUT2D eigenvalue weighted by Crippen LogP contribution is 2.27. The molecule has 0 aliphatic heterocycles. The second-order valence-electron chi connectivity index (χ2n) is 6.75. The average Bonchev–Trinajstić information content (AvgIpc) is 2.74. The predicted octanol–water partition coefficient (Wildman–Crippen LogP) is 5.61. The Morgan fingerprint density at radius 2 is 1.90 bits per heavy atom. The zero-order chi connectivity index (χ0) is 22.2. The molecule has 0 spiro atoms. The number of phenolic OH excluding ortho intramolecular Hbond substituents is 1. The quantitative estimate of drug-likeness (QED) is 0.286. The number of aryl methyl sites for hydroxylation is 2. The van der Waals surface area contributed by atoms with Gasteiger partial charge in [-0.3, -0.25) is 4.79 Å². The Kier molecular flexibility index (Phi) is 7.35. The van der Waals surface area contributed by atoms with Gasteiger partial charge in [0.25, 0.3) is 5.91 Å². The van der Waals surface area contributed by atoms with Crippen LogP contribution < -0.4 is 10.2 Å². The van der Waals surface area contributed by atoms with Crippen molar-refractivity contribution >= 4 is 35.1 Å². The molecule has 0 heterocycles. The number of carbonyl (C=O) groups is 1. The van der Waals surface area contributed by atoms with Gasteiger partial charge in [0.2, 0.25) is 0 Å². The van der Waals surface area contributed by atoms with Crippen LogP contribution in [0.3, 0.4) is 0 Å². The molecule has 158 valence electrons. The second-order valence-corrected chi connectivity index (χ2v) is 7.15. The fourth-order valence-corrected chi connectivity index (χ4v) is 2.84. The lowest BCUT2D eigenvalue weighted by Gasteiger charge is -2.08. The smallest absolute Gasteiger partial charge is 0.277 e. The number of hydrogen-bond acceptors (Lipinski definition) is 6. The number of benzene rings is 3. The number of azo groups is 1. The number of aromatic hydroxyl groups is 1. The van der Waals surface area contributed by atoms with E-state index >= 15 is 0 Å². The molecule has 0 saturated carbocycles. The molecule has 0 saturated heterocycles. The van der Waals surface area contributed by atoms with Gasteiger partial charge in [0.15, 0.2) is 6.61 Å². The number of rotatable bonds is 7. The summed E-state index contributed by atoms with van der Waals surface area (Å²) < 4.78 is 5.51. The van der Waals surface area contributed by atoms with Gasteiger partial charge in [-0.05, 0) is 55.8 Å². The maximum Gasteiger partial charge on any atom is 0.277 e. The highest BCUT2D eigenvalue weighted by molar-refractivity contribution is 6.32. The van der Waals surface area contributed by atoms with E-state index in [0.717, 1.165) is 11.1 Å². The van der Waals surface area contributed by atoms with Crippen LogP contribution in [-0.2, 0) is 4.79 Å². The number of halogens is 1. The summed E-state index contributed by atoms with van der Waals surface area (Å²) in [6.45, 7) is 3.72. The Morgan fingerprint density at radius 1 is 1.10 bits per heavy atom. The number of phenols is 1. The summed E-state index contributed by atoms with van der Waals surface area (Å²) in [6, 6.07) is 17.4. The molecule has 3 aromatic carbocycles. The Morgan fingerprint density at radius 3 is 2.68 bits per heavy atom. The van der Waals surface area contributed by atoms with Crippen molar-refractivity contribution in [2.75, 3.05) is 6.61 Å². The minimum atomic E-state index is -0.426. The zero-order valence-corrected chi connectivity index (χ0v) is 17.8. The van der Waals surface area contributed by atoms with Gasteiger partial charge in [-0.1, -0.05) is 41.4 Å². The summed E-state index contributed by atoms with van der Waals surface area (Å²) in [4.78, 5) is 12.0. The molecule has 1 amide bonds. The third-order valence-corrected chi connectivity index (χ3v) is 4.54. The molecule has 31 heavy (non-hydrogen) atoms. The number of nitrogens with one attached hydrogen (secondary N) is 1. The monoisotopic (exact) mass is 436 g/mol. The first-order valence-corrected chi connectivity index (χ1v) is 9.81. The maximum absolute atomic E-state index is 12.0. The van der Waals surface area contributed by atoms with Crippen molar-refractivity contribution in [2.45, 2.75) is 13.8 Å². The standard InChI is InChI=1S/C23H21ClN4O3/c1-15-7-10-22(16(2)11-15)31-14-23(30)28-25-13-17-12-18(8-9-21(17)29)26-27-20-6-4-3-5-19(20)24/h3-13,29H,14H2,1-2H3,(H,28,30). The predicted molar refractivity (Wildman–Crippen MR) is 121 cm³/mol. The van der Waals surface area contributed by atoms with E-state index in [4.69, 9.17) is 16.3 Å². The first-order valence-electron chi connectivity index (χ1n) is 9.43. The maximum atomic E-state index is 12.0. The van der Waals surface area contributed by atoms with E-state index < -0.39 is 5.91 Å². The van der Waals surface area contributed by atoms with E-state index in [1.165, 1.54) is 12.3 Å². The number of nitrogens with zero attached hydrogens (tertiary/aromatic N) is 3. The lowest BCUT2D eigenvalue weighted by atomic mass is 10.1. The molecule has 0 radical (unpaired) electrons. The molecular weight excluding hydrogens is 416 g/mol. The Bertz CT molecular complexity index is 1150. The van der Waals surface area contributed by atoms with Gasteiger partial charge in [0.1, 0.15) is 17.2 Å². The molecule has 3 aromatic rings. The summed E-state index contributed by atoms with van der Waals surface area (Å²) in [5, 5.41) is 22.6. The second kappa shape index (κ2) is 10.4. The van der Waals surface area contributed by atoms with Crippen molar-refractivity contribution in [2.24, 2.45) is 15.3 Å². The third-order valence-electron chi connectivity index (χ3n) is 4.22. The molecule has 0 aliphatic rings. The Balaban J connectivity index is 1.59. The summed E-state index contributed by atoms with van der Waals surface area (Å²) in [5.41, 5.74) is 5.82. The molecule has 0 aliphatic carbocycles. The van der Waals surface area contributed by atoms with Crippen LogP contribution in [0, 0.1) is 13.8 Å². The van der Waals surface area contributed by atoms with Crippen LogP contribution in [0.25, 0.3) is 0 Å².